The van der Waals surface area contributed by atoms with Crippen LogP contribution in [0.25, 0.3) is 0 Å². The molecule has 96 valence electrons. The quantitative estimate of drug-likeness (QED) is 0.606. The molecule has 4 nitrogen and oxygen atoms in total. The Morgan fingerprint density at radius 1 is 1.29 bits per heavy atom. The van der Waals surface area contributed by atoms with Crippen LogP contribution in [0.5, 0.6) is 0 Å². The summed E-state index contributed by atoms with van der Waals surface area (Å²) in [6.45, 7) is 3.38. The summed E-state index contributed by atoms with van der Waals surface area (Å²) < 4.78 is 22.6. The minimum atomic E-state index is -3.18. The first-order valence-electron chi connectivity index (χ1n) is 5.48. The zero-order valence-electron chi connectivity index (χ0n) is 10.5. The monoisotopic (exact) mass is 256 g/mol. The lowest BCUT2D eigenvalue weighted by Crippen LogP contribution is -2.55. The molecule has 0 aliphatic heterocycles. The van der Waals surface area contributed by atoms with E-state index in [1.165, 1.54) is 6.26 Å². The van der Waals surface area contributed by atoms with E-state index in [0.717, 1.165) is 5.56 Å². The van der Waals surface area contributed by atoms with Gasteiger partial charge in [0.25, 0.3) is 0 Å². The Hall–Kier alpha value is -0.910. The Kier molecular flexibility index (Phi) is 4.30. The maximum Gasteiger partial charge on any atom is 0.154 e. The molecule has 5 heteroatoms. The molecule has 0 aliphatic rings. The van der Waals surface area contributed by atoms with E-state index in [9.17, 15) is 8.42 Å². The number of sulfone groups is 1. The molecule has 1 rings (SSSR count). The highest BCUT2D eigenvalue weighted by molar-refractivity contribution is 7.92. The van der Waals surface area contributed by atoms with E-state index < -0.39 is 14.6 Å². The van der Waals surface area contributed by atoms with E-state index in [-0.39, 0.29) is 6.04 Å². The molecule has 0 saturated heterocycles. The SMILES string of the molecule is CC(C)(C(Cc1ccccc1)NN)S(C)(=O)=O. The molecule has 0 saturated carbocycles. The van der Waals surface area contributed by atoms with E-state index in [0.29, 0.717) is 6.42 Å². The zero-order chi connectivity index (χ0) is 13.1. The summed E-state index contributed by atoms with van der Waals surface area (Å²) in [5.74, 6) is 5.49. The Bertz CT molecular complexity index is 455. The molecule has 1 aromatic rings. The van der Waals surface area contributed by atoms with Crippen molar-refractivity contribution in [3.63, 3.8) is 0 Å². The smallest absolute Gasteiger partial charge is 0.154 e. The van der Waals surface area contributed by atoms with Crippen LogP contribution in [-0.4, -0.2) is 25.5 Å². The lowest BCUT2D eigenvalue weighted by Gasteiger charge is -2.32. The Morgan fingerprint density at radius 3 is 2.24 bits per heavy atom. The van der Waals surface area contributed by atoms with Crippen LogP contribution >= 0.6 is 0 Å². The van der Waals surface area contributed by atoms with Crippen LogP contribution < -0.4 is 11.3 Å². The molecule has 17 heavy (non-hydrogen) atoms. The average Bonchev–Trinajstić information content (AvgIpc) is 2.25. The van der Waals surface area contributed by atoms with Crippen LogP contribution in [0.4, 0.5) is 0 Å². The predicted molar refractivity (Wildman–Crippen MR) is 70.2 cm³/mol. The zero-order valence-corrected chi connectivity index (χ0v) is 11.3. The second kappa shape index (κ2) is 5.16. The molecule has 3 N–H and O–H groups in total. The Balaban J connectivity index is 2.94. The van der Waals surface area contributed by atoms with E-state index >= 15 is 0 Å². The van der Waals surface area contributed by atoms with Crippen molar-refractivity contribution < 1.29 is 8.42 Å². The molecule has 1 aromatic carbocycles. The lowest BCUT2D eigenvalue weighted by molar-refractivity contribution is 0.413. The molecule has 0 heterocycles. The molecular weight excluding hydrogens is 236 g/mol. The molecule has 0 aliphatic carbocycles. The van der Waals surface area contributed by atoms with Gasteiger partial charge in [0.15, 0.2) is 9.84 Å². The molecule has 0 bridgehead atoms. The topological polar surface area (TPSA) is 72.2 Å². The highest BCUT2D eigenvalue weighted by Crippen LogP contribution is 2.22. The van der Waals surface area contributed by atoms with Crippen molar-refractivity contribution >= 4 is 9.84 Å². The third kappa shape index (κ3) is 3.28. The van der Waals surface area contributed by atoms with Crippen molar-refractivity contribution in [3.8, 4) is 0 Å². The fourth-order valence-corrected chi connectivity index (χ4v) is 2.28. The van der Waals surface area contributed by atoms with Crippen molar-refractivity contribution in [3.05, 3.63) is 35.9 Å². The van der Waals surface area contributed by atoms with Gasteiger partial charge in [-0.25, -0.2) is 8.42 Å². The minimum Gasteiger partial charge on any atom is -0.271 e. The van der Waals surface area contributed by atoms with E-state index in [1.54, 1.807) is 13.8 Å². The van der Waals surface area contributed by atoms with Crippen molar-refractivity contribution in [2.45, 2.75) is 31.1 Å². The number of benzene rings is 1. The third-order valence-corrected chi connectivity index (χ3v) is 5.47. The molecule has 1 atom stereocenters. The lowest BCUT2D eigenvalue weighted by atomic mass is 9.96. The van der Waals surface area contributed by atoms with E-state index in [1.807, 2.05) is 30.3 Å². The second-order valence-corrected chi connectivity index (χ2v) is 7.38. The van der Waals surface area contributed by atoms with Gasteiger partial charge in [-0.15, -0.1) is 0 Å². The number of nitrogens with two attached hydrogens (primary N) is 1. The first kappa shape index (κ1) is 14.2. The summed E-state index contributed by atoms with van der Waals surface area (Å²) in [6.07, 6.45) is 1.82. The van der Waals surface area contributed by atoms with Gasteiger partial charge in [0.2, 0.25) is 0 Å². The van der Waals surface area contributed by atoms with Crippen molar-refractivity contribution in [2.75, 3.05) is 6.26 Å². The molecule has 0 fully saturated rings. The van der Waals surface area contributed by atoms with Crippen LogP contribution in [0.2, 0.25) is 0 Å². The van der Waals surface area contributed by atoms with Gasteiger partial charge < -0.3 is 0 Å². The standard InChI is InChI=1S/C12H20N2O2S/c1-12(2,17(3,15)16)11(14-13)9-10-7-5-4-6-8-10/h4-8,11,14H,9,13H2,1-3H3. The van der Waals surface area contributed by atoms with Gasteiger partial charge in [0.1, 0.15) is 0 Å². The molecule has 1 unspecified atom stereocenters. The van der Waals surface area contributed by atoms with Gasteiger partial charge in [0, 0.05) is 12.3 Å². The van der Waals surface area contributed by atoms with Gasteiger partial charge in [-0.2, -0.15) is 0 Å². The molecule has 0 amide bonds. The summed E-state index contributed by atoms with van der Waals surface area (Å²) in [5.41, 5.74) is 3.68. The van der Waals surface area contributed by atoms with Gasteiger partial charge in [-0.1, -0.05) is 30.3 Å². The summed E-state index contributed by atoms with van der Waals surface area (Å²) >= 11 is 0. The second-order valence-electron chi connectivity index (χ2n) is 4.78. The number of nitrogens with one attached hydrogen (secondary N) is 1. The molecule has 0 radical (unpaired) electrons. The highest BCUT2D eigenvalue weighted by atomic mass is 32.2. The van der Waals surface area contributed by atoms with E-state index in [2.05, 4.69) is 5.43 Å². The van der Waals surface area contributed by atoms with Crippen LogP contribution in [0.1, 0.15) is 19.4 Å². The van der Waals surface area contributed by atoms with Crippen molar-refractivity contribution in [1.82, 2.24) is 5.43 Å². The van der Waals surface area contributed by atoms with Crippen LogP contribution in [0, 0.1) is 0 Å². The number of hydrogen-bond acceptors (Lipinski definition) is 4. The highest BCUT2D eigenvalue weighted by Gasteiger charge is 2.38. The summed E-state index contributed by atoms with van der Waals surface area (Å²) in [6, 6.07) is 9.38. The number of rotatable bonds is 5. The van der Waals surface area contributed by atoms with Crippen LogP contribution in [0.3, 0.4) is 0 Å². The summed E-state index contributed by atoms with van der Waals surface area (Å²) in [4.78, 5) is 0. The van der Waals surface area contributed by atoms with Gasteiger partial charge >= 0.3 is 0 Å². The minimum absolute atomic E-state index is 0.320. The maximum absolute atomic E-state index is 11.7. The van der Waals surface area contributed by atoms with Gasteiger partial charge in [0.05, 0.1) is 4.75 Å². The Labute approximate surface area is 103 Å². The normalized spacial score (nSPS) is 14.6. The first-order valence-corrected chi connectivity index (χ1v) is 7.38. The molecule has 0 spiro atoms. The predicted octanol–water partition coefficient (Wildman–Crippen LogP) is 0.884. The number of hydrogen-bond donors (Lipinski definition) is 2. The average molecular weight is 256 g/mol. The van der Waals surface area contributed by atoms with Crippen LogP contribution in [0.15, 0.2) is 30.3 Å². The first-order chi connectivity index (χ1) is 7.79. The third-order valence-electron chi connectivity index (χ3n) is 3.28. The van der Waals surface area contributed by atoms with Crippen molar-refractivity contribution in [2.24, 2.45) is 5.84 Å². The summed E-state index contributed by atoms with van der Waals surface area (Å²) in [5, 5.41) is 0. The van der Waals surface area contributed by atoms with E-state index in [4.69, 9.17) is 5.84 Å². The maximum atomic E-state index is 11.7. The van der Waals surface area contributed by atoms with Gasteiger partial charge in [-0.05, 0) is 25.8 Å². The van der Waals surface area contributed by atoms with Gasteiger partial charge in [-0.3, -0.25) is 11.3 Å². The molecular formula is C12H20N2O2S. The molecule has 0 aromatic heterocycles. The van der Waals surface area contributed by atoms with Crippen molar-refractivity contribution in [1.29, 1.82) is 0 Å². The Morgan fingerprint density at radius 2 is 1.82 bits per heavy atom. The fraction of sp³-hybridized carbons (Fsp3) is 0.500. The summed E-state index contributed by atoms with van der Waals surface area (Å²) in [7, 11) is -3.18. The number of hydrazine groups is 1. The fourth-order valence-electron chi connectivity index (χ4n) is 1.61. The largest absolute Gasteiger partial charge is 0.271 e. The van der Waals surface area contributed by atoms with Crippen LogP contribution in [-0.2, 0) is 16.3 Å².